The molecule has 1 aromatic carbocycles. The van der Waals surface area contributed by atoms with Crippen LogP contribution in [0.25, 0.3) is 0 Å². The van der Waals surface area contributed by atoms with E-state index in [0.717, 1.165) is 15.5 Å². The maximum atomic E-state index is 3.66. The summed E-state index contributed by atoms with van der Waals surface area (Å²) in [6.07, 6.45) is 2.37. The van der Waals surface area contributed by atoms with E-state index in [1.807, 2.05) is 11.3 Å². The van der Waals surface area contributed by atoms with E-state index in [-0.39, 0.29) is 0 Å². The molecule has 0 aliphatic rings. The maximum Gasteiger partial charge on any atom is 0.0417 e. The van der Waals surface area contributed by atoms with Crippen LogP contribution in [0.5, 0.6) is 0 Å². The first kappa shape index (κ1) is 15.2. The maximum absolute atomic E-state index is 3.66. The van der Waals surface area contributed by atoms with Gasteiger partial charge >= 0.3 is 0 Å². The van der Waals surface area contributed by atoms with E-state index in [1.54, 1.807) is 0 Å². The average molecular weight is 403 g/mol. The molecule has 0 radical (unpaired) electrons. The third-order valence-corrected chi connectivity index (χ3v) is 5.87. The van der Waals surface area contributed by atoms with E-state index in [0.29, 0.717) is 6.04 Å². The molecular weight excluding hydrogens is 386 g/mol. The molecule has 102 valence electrons. The van der Waals surface area contributed by atoms with Gasteiger partial charge in [0.25, 0.3) is 0 Å². The fourth-order valence-corrected chi connectivity index (χ4v) is 3.52. The SMILES string of the molecule is CCCC(NCc1ccc(Br)c(Br)c1)c1cccs1. The minimum atomic E-state index is 0.465. The Morgan fingerprint density at radius 3 is 2.68 bits per heavy atom. The molecule has 0 aliphatic heterocycles. The Morgan fingerprint density at radius 1 is 1.21 bits per heavy atom. The van der Waals surface area contributed by atoms with Gasteiger partial charge in [0.05, 0.1) is 0 Å². The molecule has 4 heteroatoms. The summed E-state index contributed by atoms with van der Waals surface area (Å²) in [5, 5.41) is 5.81. The van der Waals surface area contributed by atoms with Crippen LogP contribution in [0.4, 0.5) is 0 Å². The first-order valence-corrected chi connectivity index (χ1v) is 8.88. The second-order valence-electron chi connectivity index (χ2n) is 4.49. The third kappa shape index (κ3) is 4.42. The largest absolute Gasteiger partial charge is 0.305 e. The van der Waals surface area contributed by atoms with Crippen LogP contribution in [0.1, 0.15) is 36.2 Å². The molecule has 1 atom stereocenters. The predicted octanol–water partition coefficient (Wildman–Crippen LogP) is 5.90. The minimum absolute atomic E-state index is 0.465. The van der Waals surface area contributed by atoms with Gasteiger partial charge in [-0.25, -0.2) is 0 Å². The second kappa shape index (κ2) is 7.58. The second-order valence-corrected chi connectivity index (χ2v) is 7.17. The summed E-state index contributed by atoms with van der Waals surface area (Å²) in [7, 11) is 0. The van der Waals surface area contributed by atoms with Gasteiger partial charge in [-0.15, -0.1) is 11.3 Å². The first-order valence-electron chi connectivity index (χ1n) is 6.41. The lowest BCUT2D eigenvalue weighted by atomic mass is 10.1. The number of rotatable bonds is 6. The summed E-state index contributed by atoms with van der Waals surface area (Å²) in [6.45, 7) is 3.13. The van der Waals surface area contributed by atoms with Crippen LogP contribution in [0, 0.1) is 0 Å². The molecule has 0 bridgehead atoms. The highest BCUT2D eigenvalue weighted by molar-refractivity contribution is 9.13. The predicted molar refractivity (Wildman–Crippen MR) is 90.6 cm³/mol. The van der Waals surface area contributed by atoms with E-state index in [4.69, 9.17) is 0 Å². The van der Waals surface area contributed by atoms with E-state index < -0.39 is 0 Å². The van der Waals surface area contributed by atoms with Gasteiger partial charge in [-0.3, -0.25) is 0 Å². The van der Waals surface area contributed by atoms with E-state index in [1.165, 1.54) is 23.3 Å². The molecule has 0 saturated heterocycles. The Balaban J connectivity index is 2.00. The van der Waals surface area contributed by atoms with Gasteiger partial charge in [0.15, 0.2) is 0 Å². The zero-order chi connectivity index (χ0) is 13.7. The minimum Gasteiger partial charge on any atom is -0.305 e. The van der Waals surface area contributed by atoms with Gasteiger partial charge in [0, 0.05) is 26.4 Å². The molecule has 1 nitrogen and oxygen atoms in total. The number of hydrogen-bond donors (Lipinski definition) is 1. The molecule has 0 spiro atoms. The van der Waals surface area contributed by atoms with Gasteiger partial charge in [-0.2, -0.15) is 0 Å². The molecule has 2 rings (SSSR count). The topological polar surface area (TPSA) is 12.0 Å². The fourth-order valence-electron chi connectivity index (χ4n) is 2.01. The number of halogens is 2. The highest BCUT2D eigenvalue weighted by Gasteiger charge is 2.11. The number of nitrogens with one attached hydrogen (secondary N) is 1. The van der Waals surface area contributed by atoms with Gasteiger partial charge in [-0.1, -0.05) is 25.5 Å². The van der Waals surface area contributed by atoms with E-state index >= 15 is 0 Å². The lowest BCUT2D eigenvalue weighted by molar-refractivity contribution is 0.500. The van der Waals surface area contributed by atoms with Gasteiger partial charge in [0.1, 0.15) is 0 Å². The fraction of sp³-hybridized carbons (Fsp3) is 0.333. The summed E-state index contributed by atoms with van der Waals surface area (Å²) in [6, 6.07) is 11.2. The van der Waals surface area contributed by atoms with Crippen LogP contribution >= 0.6 is 43.2 Å². The molecule has 1 heterocycles. The van der Waals surface area contributed by atoms with Crippen LogP contribution in [0.15, 0.2) is 44.7 Å². The molecule has 0 fully saturated rings. The van der Waals surface area contributed by atoms with Crippen molar-refractivity contribution in [3.63, 3.8) is 0 Å². The summed E-state index contributed by atoms with van der Waals surface area (Å²) in [5.74, 6) is 0. The van der Waals surface area contributed by atoms with Gasteiger partial charge < -0.3 is 5.32 Å². The zero-order valence-corrected chi connectivity index (χ0v) is 14.8. The number of hydrogen-bond acceptors (Lipinski definition) is 2. The lowest BCUT2D eigenvalue weighted by Crippen LogP contribution is -2.19. The summed E-state index contributed by atoms with van der Waals surface area (Å²) >= 11 is 8.88. The van der Waals surface area contributed by atoms with Crippen LogP contribution in [-0.4, -0.2) is 0 Å². The molecule has 1 N–H and O–H groups in total. The molecular formula is C15H17Br2NS. The normalized spacial score (nSPS) is 12.6. The van der Waals surface area contributed by atoms with Gasteiger partial charge in [-0.05, 0) is 67.4 Å². The Kier molecular flexibility index (Phi) is 6.07. The zero-order valence-electron chi connectivity index (χ0n) is 10.8. The number of benzene rings is 1. The average Bonchev–Trinajstić information content (AvgIpc) is 2.92. The van der Waals surface area contributed by atoms with Crippen LogP contribution in [-0.2, 0) is 6.54 Å². The molecule has 0 saturated carbocycles. The Bertz CT molecular complexity index is 511. The summed E-state index contributed by atoms with van der Waals surface area (Å²) in [4.78, 5) is 1.43. The quantitative estimate of drug-likeness (QED) is 0.633. The summed E-state index contributed by atoms with van der Waals surface area (Å²) in [5.41, 5.74) is 1.30. The smallest absolute Gasteiger partial charge is 0.0417 e. The van der Waals surface area contributed by atoms with Crippen molar-refractivity contribution in [3.8, 4) is 0 Å². The lowest BCUT2D eigenvalue weighted by Gasteiger charge is -2.17. The Hall–Kier alpha value is -0.160. The molecule has 1 aromatic heterocycles. The first-order chi connectivity index (χ1) is 9.20. The van der Waals surface area contributed by atoms with Crippen molar-refractivity contribution in [2.24, 2.45) is 0 Å². The Morgan fingerprint density at radius 2 is 2.05 bits per heavy atom. The summed E-state index contributed by atoms with van der Waals surface area (Å²) < 4.78 is 2.20. The van der Waals surface area contributed by atoms with Crippen molar-refractivity contribution < 1.29 is 0 Å². The van der Waals surface area contributed by atoms with Crippen molar-refractivity contribution in [3.05, 3.63) is 55.1 Å². The standard InChI is InChI=1S/C15H17Br2NS/c1-2-4-14(15-5-3-8-19-15)18-10-11-6-7-12(16)13(17)9-11/h3,5-9,14,18H,2,4,10H2,1H3. The van der Waals surface area contributed by atoms with Crippen LogP contribution < -0.4 is 5.32 Å². The van der Waals surface area contributed by atoms with E-state index in [9.17, 15) is 0 Å². The van der Waals surface area contributed by atoms with Crippen molar-refractivity contribution >= 4 is 43.2 Å². The van der Waals surface area contributed by atoms with Crippen molar-refractivity contribution in [1.82, 2.24) is 5.32 Å². The highest BCUT2D eigenvalue weighted by atomic mass is 79.9. The molecule has 0 amide bonds. The van der Waals surface area contributed by atoms with Gasteiger partial charge in [0.2, 0.25) is 0 Å². The van der Waals surface area contributed by atoms with E-state index in [2.05, 4.69) is 79.8 Å². The van der Waals surface area contributed by atoms with Crippen LogP contribution in [0.2, 0.25) is 0 Å². The Labute approximate surface area is 135 Å². The van der Waals surface area contributed by atoms with Crippen LogP contribution in [0.3, 0.4) is 0 Å². The highest BCUT2D eigenvalue weighted by Crippen LogP contribution is 2.26. The third-order valence-electron chi connectivity index (χ3n) is 3.00. The molecule has 0 aliphatic carbocycles. The molecule has 2 aromatic rings. The monoisotopic (exact) mass is 401 g/mol. The van der Waals surface area contributed by atoms with Crippen molar-refractivity contribution in [2.75, 3.05) is 0 Å². The number of thiophene rings is 1. The molecule has 19 heavy (non-hydrogen) atoms. The van der Waals surface area contributed by atoms with Crippen molar-refractivity contribution in [1.29, 1.82) is 0 Å². The molecule has 1 unspecified atom stereocenters. The van der Waals surface area contributed by atoms with Crippen molar-refractivity contribution in [2.45, 2.75) is 32.4 Å².